The summed E-state index contributed by atoms with van der Waals surface area (Å²) in [6, 6.07) is 16.5. The van der Waals surface area contributed by atoms with Crippen LogP contribution in [0, 0.1) is 0 Å². The molecule has 3 aromatic rings. The van der Waals surface area contributed by atoms with Crippen LogP contribution in [0.25, 0.3) is 11.4 Å². The standard InChI is InChI=1S/C17H15ClN4O3/c18-14-8-6-12(7-9-14)15(25-11-16(23)24)10-22-17(19-20-21-22)13-4-2-1-3-5-13/h1-9,15H,10-11H2,(H,23,24). The van der Waals surface area contributed by atoms with E-state index in [1.807, 2.05) is 30.3 Å². The highest BCUT2D eigenvalue weighted by Gasteiger charge is 2.18. The first-order valence-corrected chi connectivity index (χ1v) is 7.92. The van der Waals surface area contributed by atoms with E-state index in [0.717, 1.165) is 11.1 Å². The molecule has 0 aliphatic rings. The minimum atomic E-state index is -1.04. The van der Waals surface area contributed by atoms with Crippen LogP contribution in [0.2, 0.25) is 5.02 Å². The molecule has 0 saturated carbocycles. The number of aromatic nitrogens is 4. The van der Waals surface area contributed by atoms with Crippen LogP contribution in [0.5, 0.6) is 0 Å². The highest BCUT2D eigenvalue weighted by Crippen LogP contribution is 2.24. The van der Waals surface area contributed by atoms with Gasteiger partial charge in [0.2, 0.25) is 0 Å². The maximum atomic E-state index is 10.9. The number of rotatable bonds is 7. The number of ether oxygens (including phenoxy) is 1. The molecule has 2 aromatic carbocycles. The lowest BCUT2D eigenvalue weighted by Crippen LogP contribution is -2.18. The van der Waals surface area contributed by atoms with Gasteiger partial charge in [-0.1, -0.05) is 54.1 Å². The van der Waals surface area contributed by atoms with Crippen LogP contribution in [0.15, 0.2) is 54.6 Å². The highest BCUT2D eigenvalue weighted by atomic mass is 35.5. The van der Waals surface area contributed by atoms with Crippen LogP contribution in [-0.2, 0) is 16.1 Å². The minimum Gasteiger partial charge on any atom is -0.480 e. The number of carbonyl (C=O) groups is 1. The van der Waals surface area contributed by atoms with Crippen molar-refractivity contribution in [2.24, 2.45) is 0 Å². The van der Waals surface area contributed by atoms with Crippen LogP contribution in [-0.4, -0.2) is 37.9 Å². The fourth-order valence-corrected chi connectivity index (χ4v) is 2.51. The third-order valence-electron chi connectivity index (χ3n) is 3.55. The Bertz CT molecular complexity index is 837. The number of aliphatic carboxylic acids is 1. The number of halogens is 1. The van der Waals surface area contributed by atoms with Gasteiger partial charge in [-0.2, -0.15) is 0 Å². The van der Waals surface area contributed by atoms with E-state index in [2.05, 4.69) is 15.5 Å². The van der Waals surface area contributed by atoms with E-state index in [0.29, 0.717) is 10.8 Å². The van der Waals surface area contributed by atoms with E-state index in [9.17, 15) is 4.79 Å². The second-order valence-corrected chi connectivity index (χ2v) is 5.73. The quantitative estimate of drug-likeness (QED) is 0.698. The third-order valence-corrected chi connectivity index (χ3v) is 3.80. The smallest absolute Gasteiger partial charge is 0.329 e. The minimum absolute atomic E-state index is 0.270. The van der Waals surface area contributed by atoms with Crippen molar-refractivity contribution in [2.75, 3.05) is 6.61 Å². The Labute approximate surface area is 148 Å². The molecular formula is C17H15ClN4O3. The van der Waals surface area contributed by atoms with E-state index in [4.69, 9.17) is 21.4 Å². The van der Waals surface area contributed by atoms with E-state index >= 15 is 0 Å². The molecule has 0 fully saturated rings. The molecule has 1 unspecified atom stereocenters. The van der Waals surface area contributed by atoms with Crippen molar-refractivity contribution < 1.29 is 14.6 Å². The molecule has 1 heterocycles. The van der Waals surface area contributed by atoms with Gasteiger partial charge in [-0.15, -0.1) is 5.10 Å². The lowest BCUT2D eigenvalue weighted by atomic mass is 10.1. The van der Waals surface area contributed by atoms with Crippen LogP contribution < -0.4 is 0 Å². The molecule has 1 aromatic heterocycles. The van der Waals surface area contributed by atoms with Gasteiger partial charge < -0.3 is 9.84 Å². The summed E-state index contributed by atoms with van der Waals surface area (Å²) in [5.74, 6) is -0.461. The van der Waals surface area contributed by atoms with Crippen molar-refractivity contribution in [1.82, 2.24) is 20.2 Å². The van der Waals surface area contributed by atoms with Gasteiger partial charge in [0, 0.05) is 10.6 Å². The zero-order valence-electron chi connectivity index (χ0n) is 13.1. The lowest BCUT2D eigenvalue weighted by molar-refractivity contribution is -0.144. The lowest BCUT2D eigenvalue weighted by Gasteiger charge is -2.18. The van der Waals surface area contributed by atoms with Crippen molar-refractivity contribution in [3.8, 4) is 11.4 Å². The van der Waals surface area contributed by atoms with Gasteiger partial charge in [0.05, 0.1) is 6.54 Å². The van der Waals surface area contributed by atoms with Gasteiger partial charge >= 0.3 is 5.97 Å². The van der Waals surface area contributed by atoms with E-state index in [1.165, 1.54) is 0 Å². The monoisotopic (exact) mass is 358 g/mol. The second kappa shape index (κ2) is 7.87. The maximum absolute atomic E-state index is 10.9. The largest absolute Gasteiger partial charge is 0.480 e. The summed E-state index contributed by atoms with van der Waals surface area (Å²) in [4.78, 5) is 10.9. The normalized spacial score (nSPS) is 12.0. The Hall–Kier alpha value is -2.77. The Morgan fingerprint density at radius 3 is 2.56 bits per heavy atom. The number of hydrogen-bond donors (Lipinski definition) is 1. The molecule has 0 spiro atoms. The number of tetrazole rings is 1. The Morgan fingerprint density at radius 1 is 1.16 bits per heavy atom. The molecule has 0 bridgehead atoms. The predicted molar refractivity (Wildman–Crippen MR) is 91.0 cm³/mol. The Balaban J connectivity index is 1.87. The fourth-order valence-electron chi connectivity index (χ4n) is 2.38. The number of nitrogens with zero attached hydrogens (tertiary/aromatic N) is 4. The van der Waals surface area contributed by atoms with Crippen molar-refractivity contribution >= 4 is 17.6 Å². The van der Waals surface area contributed by atoms with Crippen molar-refractivity contribution in [1.29, 1.82) is 0 Å². The van der Waals surface area contributed by atoms with Gasteiger partial charge in [0.15, 0.2) is 5.82 Å². The van der Waals surface area contributed by atoms with Gasteiger partial charge in [-0.3, -0.25) is 0 Å². The van der Waals surface area contributed by atoms with Gasteiger partial charge in [0.1, 0.15) is 12.7 Å². The number of hydrogen-bond acceptors (Lipinski definition) is 5. The van der Waals surface area contributed by atoms with Crippen LogP contribution >= 0.6 is 11.6 Å². The van der Waals surface area contributed by atoms with E-state index in [-0.39, 0.29) is 6.54 Å². The summed E-state index contributed by atoms with van der Waals surface area (Å²) in [5.41, 5.74) is 1.65. The number of benzene rings is 2. The highest BCUT2D eigenvalue weighted by molar-refractivity contribution is 6.30. The Morgan fingerprint density at radius 2 is 1.88 bits per heavy atom. The average Bonchev–Trinajstić information content (AvgIpc) is 3.08. The summed E-state index contributed by atoms with van der Waals surface area (Å²) in [6.45, 7) is -0.151. The predicted octanol–water partition coefficient (Wildman–Crippen LogP) is 2.84. The fraction of sp³-hybridized carbons (Fsp3) is 0.176. The molecule has 0 aliphatic heterocycles. The van der Waals surface area contributed by atoms with Crippen LogP contribution in [0.3, 0.4) is 0 Å². The summed E-state index contributed by atoms with van der Waals surface area (Å²) in [6.07, 6.45) is -0.528. The van der Waals surface area contributed by atoms with E-state index < -0.39 is 18.7 Å². The van der Waals surface area contributed by atoms with Crippen molar-refractivity contribution in [3.05, 3.63) is 65.2 Å². The average molecular weight is 359 g/mol. The summed E-state index contributed by atoms with van der Waals surface area (Å²) in [7, 11) is 0. The topological polar surface area (TPSA) is 90.1 Å². The molecule has 0 amide bonds. The van der Waals surface area contributed by atoms with Crippen molar-refractivity contribution in [2.45, 2.75) is 12.6 Å². The second-order valence-electron chi connectivity index (χ2n) is 5.30. The molecule has 1 N–H and O–H groups in total. The third kappa shape index (κ3) is 4.40. The molecule has 128 valence electrons. The zero-order chi connectivity index (χ0) is 17.6. The first kappa shape index (κ1) is 17.1. The van der Waals surface area contributed by atoms with Gasteiger partial charge in [-0.05, 0) is 28.1 Å². The molecule has 0 radical (unpaired) electrons. The molecule has 0 aliphatic carbocycles. The molecule has 8 heteroatoms. The first-order chi connectivity index (χ1) is 12.1. The van der Waals surface area contributed by atoms with Crippen LogP contribution in [0.1, 0.15) is 11.7 Å². The molecule has 1 atom stereocenters. The van der Waals surface area contributed by atoms with E-state index in [1.54, 1.807) is 28.9 Å². The summed E-state index contributed by atoms with van der Waals surface area (Å²) in [5, 5.41) is 21.3. The van der Waals surface area contributed by atoms with Crippen molar-refractivity contribution in [3.63, 3.8) is 0 Å². The van der Waals surface area contributed by atoms with Gasteiger partial charge in [-0.25, -0.2) is 9.48 Å². The Kier molecular flexibility index (Phi) is 5.37. The van der Waals surface area contributed by atoms with Crippen LogP contribution in [0.4, 0.5) is 0 Å². The van der Waals surface area contributed by atoms with Gasteiger partial charge in [0.25, 0.3) is 0 Å². The molecule has 0 saturated heterocycles. The number of carboxylic acid groups (broad SMARTS) is 1. The summed E-state index contributed by atoms with van der Waals surface area (Å²) >= 11 is 5.92. The maximum Gasteiger partial charge on any atom is 0.329 e. The molecule has 3 rings (SSSR count). The molecule has 7 nitrogen and oxygen atoms in total. The SMILES string of the molecule is O=C(O)COC(Cn1nnnc1-c1ccccc1)c1ccc(Cl)cc1. The summed E-state index contributed by atoms with van der Waals surface area (Å²) < 4.78 is 7.13. The molecular weight excluding hydrogens is 344 g/mol. The molecule has 25 heavy (non-hydrogen) atoms. The zero-order valence-corrected chi connectivity index (χ0v) is 13.9. The number of carboxylic acids is 1. The first-order valence-electron chi connectivity index (χ1n) is 7.54.